The van der Waals surface area contributed by atoms with Gasteiger partial charge in [-0.3, -0.25) is 0 Å². The highest BCUT2D eigenvalue weighted by Crippen LogP contribution is 2.32. The maximum absolute atomic E-state index is 4.31. The molecule has 3 rings (SSSR count). The van der Waals surface area contributed by atoms with E-state index in [1.165, 1.54) is 4.88 Å². The number of aromatic nitrogens is 1. The molecule has 0 aliphatic heterocycles. The van der Waals surface area contributed by atoms with Crippen molar-refractivity contribution < 1.29 is 0 Å². The van der Waals surface area contributed by atoms with Crippen LogP contribution in [-0.2, 0) is 6.54 Å². The third-order valence-electron chi connectivity index (χ3n) is 2.73. The third-order valence-corrected chi connectivity index (χ3v) is 6.81. The van der Waals surface area contributed by atoms with Crippen LogP contribution in [0.4, 0.5) is 5.69 Å². The Morgan fingerprint density at radius 3 is 2.55 bits per heavy atom. The predicted molar refractivity (Wildman–Crippen MR) is 94.6 cm³/mol. The Morgan fingerprint density at radius 2 is 1.95 bits per heavy atom. The van der Waals surface area contributed by atoms with Gasteiger partial charge in [-0.15, -0.1) is 22.7 Å². The largest absolute Gasteiger partial charge is 0.380 e. The van der Waals surface area contributed by atoms with E-state index in [0.717, 1.165) is 31.1 Å². The fourth-order valence-electron chi connectivity index (χ4n) is 1.76. The first kappa shape index (κ1) is 14.3. The Kier molecular flexibility index (Phi) is 4.55. The number of hydrogen-bond acceptors (Lipinski definition) is 4. The lowest BCUT2D eigenvalue weighted by molar-refractivity contribution is 1.19. The lowest BCUT2D eigenvalue weighted by Gasteiger charge is -2.05. The molecule has 0 aliphatic carbocycles. The first-order valence-corrected chi connectivity index (χ1v) is 9.18. The van der Waals surface area contributed by atoms with Gasteiger partial charge in [0, 0.05) is 38.7 Å². The Labute approximate surface area is 142 Å². The van der Waals surface area contributed by atoms with Gasteiger partial charge in [0.2, 0.25) is 0 Å². The van der Waals surface area contributed by atoms with E-state index in [2.05, 4.69) is 72.5 Å². The summed E-state index contributed by atoms with van der Waals surface area (Å²) in [7, 11) is 0. The Bertz CT molecular complexity index is 671. The molecule has 2 heterocycles. The van der Waals surface area contributed by atoms with Gasteiger partial charge < -0.3 is 5.32 Å². The van der Waals surface area contributed by atoms with Gasteiger partial charge in [-0.2, -0.15) is 0 Å². The van der Waals surface area contributed by atoms with Crippen molar-refractivity contribution in [1.29, 1.82) is 0 Å². The first-order valence-electron chi connectivity index (χ1n) is 5.90. The maximum atomic E-state index is 4.31. The van der Waals surface area contributed by atoms with Crippen LogP contribution in [0.15, 0.2) is 50.2 Å². The molecule has 0 atom stereocenters. The molecular formula is C14H10Br2N2S2. The van der Waals surface area contributed by atoms with E-state index in [9.17, 15) is 0 Å². The predicted octanol–water partition coefficient (Wildman–Crippen LogP) is 6.01. The second-order valence-electron chi connectivity index (χ2n) is 4.10. The SMILES string of the molecule is Brc1cc(CNc2ccc(-c3nccs3)cc2)sc1Br. The Balaban J connectivity index is 1.66. The number of nitrogens with zero attached hydrogens (tertiary/aromatic N) is 1. The topological polar surface area (TPSA) is 24.9 Å². The monoisotopic (exact) mass is 428 g/mol. The highest BCUT2D eigenvalue weighted by atomic mass is 79.9. The van der Waals surface area contributed by atoms with Crippen molar-refractivity contribution in [3.8, 4) is 10.6 Å². The van der Waals surface area contributed by atoms with Crippen LogP contribution in [0, 0.1) is 0 Å². The van der Waals surface area contributed by atoms with Crippen LogP contribution >= 0.6 is 54.5 Å². The second kappa shape index (κ2) is 6.39. The van der Waals surface area contributed by atoms with E-state index >= 15 is 0 Å². The molecule has 0 saturated heterocycles. The molecule has 0 fully saturated rings. The quantitative estimate of drug-likeness (QED) is 0.549. The number of anilines is 1. The van der Waals surface area contributed by atoms with E-state index in [4.69, 9.17) is 0 Å². The molecule has 0 amide bonds. The lowest BCUT2D eigenvalue weighted by atomic mass is 10.2. The molecule has 20 heavy (non-hydrogen) atoms. The summed E-state index contributed by atoms with van der Waals surface area (Å²) < 4.78 is 2.24. The van der Waals surface area contributed by atoms with Crippen molar-refractivity contribution in [2.24, 2.45) is 0 Å². The molecule has 6 heteroatoms. The molecule has 0 radical (unpaired) electrons. The highest BCUT2D eigenvalue weighted by Gasteiger charge is 2.04. The molecule has 0 saturated carbocycles. The van der Waals surface area contributed by atoms with Crippen LogP contribution in [0.2, 0.25) is 0 Å². The van der Waals surface area contributed by atoms with Gasteiger partial charge in [-0.25, -0.2) is 4.98 Å². The number of thiophene rings is 1. The van der Waals surface area contributed by atoms with Gasteiger partial charge in [0.25, 0.3) is 0 Å². The van der Waals surface area contributed by atoms with Crippen LogP contribution in [-0.4, -0.2) is 4.98 Å². The zero-order valence-corrected chi connectivity index (χ0v) is 15.1. The number of hydrogen-bond donors (Lipinski definition) is 1. The Morgan fingerprint density at radius 1 is 1.15 bits per heavy atom. The van der Waals surface area contributed by atoms with Crippen molar-refractivity contribution in [1.82, 2.24) is 4.98 Å². The van der Waals surface area contributed by atoms with E-state index < -0.39 is 0 Å². The average Bonchev–Trinajstić information content (AvgIpc) is 3.08. The second-order valence-corrected chi connectivity index (χ2v) is 8.31. The molecule has 1 N–H and O–H groups in total. The van der Waals surface area contributed by atoms with Gasteiger partial charge >= 0.3 is 0 Å². The number of benzene rings is 1. The molecule has 2 nitrogen and oxygen atoms in total. The summed E-state index contributed by atoms with van der Waals surface area (Å²) in [5.41, 5.74) is 2.28. The van der Waals surface area contributed by atoms with Crippen LogP contribution in [0.1, 0.15) is 4.88 Å². The average molecular weight is 430 g/mol. The van der Waals surface area contributed by atoms with Crippen molar-refractivity contribution in [3.05, 3.63) is 55.0 Å². The van der Waals surface area contributed by atoms with Crippen LogP contribution < -0.4 is 5.32 Å². The summed E-state index contributed by atoms with van der Waals surface area (Å²) in [5.74, 6) is 0. The maximum Gasteiger partial charge on any atom is 0.123 e. The molecule has 2 aromatic heterocycles. The molecule has 0 unspecified atom stereocenters. The van der Waals surface area contributed by atoms with Gasteiger partial charge in [0.05, 0.1) is 3.79 Å². The van der Waals surface area contributed by atoms with Crippen LogP contribution in [0.5, 0.6) is 0 Å². The fourth-order valence-corrected chi connectivity index (χ4v) is 4.53. The molecule has 0 aliphatic rings. The number of rotatable bonds is 4. The summed E-state index contributed by atoms with van der Waals surface area (Å²) in [6, 6.07) is 10.5. The minimum absolute atomic E-state index is 0.825. The number of thiazole rings is 1. The third kappa shape index (κ3) is 3.31. The number of nitrogens with one attached hydrogen (secondary N) is 1. The molecule has 3 aromatic rings. The summed E-state index contributed by atoms with van der Waals surface area (Å²) in [4.78, 5) is 5.60. The minimum Gasteiger partial charge on any atom is -0.380 e. The minimum atomic E-state index is 0.825. The first-order chi connectivity index (χ1) is 9.72. The van der Waals surface area contributed by atoms with Crippen LogP contribution in [0.3, 0.4) is 0 Å². The van der Waals surface area contributed by atoms with Crippen molar-refractivity contribution in [3.63, 3.8) is 0 Å². The zero-order chi connectivity index (χ0) is 13.9. The lowest BCUT2D eigenvalue weighted by Crippen LogP contribution is -1.96. The molecule has 1 aromatic carbocycles. The van der Waals surface area contributed by atoms with E-state index in [1.807, 2.05) is 11.6 Å². The van der Waals surface area contributed by atoms with Gasteiger partial charge in [-0.1, -0.05) is 0 Å². The highest BCUT2D eigenvalue weighted by molar-refractivity contribution is 9.13. The Hall–Kier alpha value is -0.690. The van der Waals surface area contributed by atoms with E-state index in [1.54, 1.807) is 22.7 Å². The summed E-state index contributed by atoms with van der Waals surface area (Å²) >= 11 is 10.4. The molecular weight excluding hydrogens is 420 g/mol. The molecule has 0 spiro atoms. The van der Waals surface area contributed by atoms with E-state index in [0.29, 0.717) is 0 Å². The van der Waals surface area contributed by atoms with E-state index in [-0.39, 0.29) is 0 Å². The molecule has 102 valence electrons. The van der Waals surface area contributed by atoms with Gasteiger partial charge in [-0.05, 0) is 62.2 Å². The van der Waals surface area contributed by atoms with Crippen molar-refractivity contribution in [2.45, 2.75) is 6.54 Å². The zero-order valence-electron chi connectivity index (χ0n) is 10.3. The standard InChI is InChI=1S/C14H10Br2N2S2/c15-12-7-11(20-13(12)16)8-18-10-3-1-9(2-4-10)14-17-5-6-19-14/h1-7,18H,8H2. The van der Waals surface area contributed by atoms with Crippen LogP contribution in [0.25, 0.3) is 10.6 Å². The number of halogens is 2. The van der Waals surface area contributed by atoms with Crippen molar-refractivity contribution >= 4 is 60.2 Å². The normalized spacial score (nSPS) is 10.7. The summed E-state index contributed by atoms with van der Waals surface area (Å²) in [5, 5.41) is 6.48. The smallest absolute Gasteiger partial charge is 0.123 e. The summed E-state index contributed by atoms with van der Waals surface area (Å²) in [6.45, 7) is 0.825. The molecule has 0 bridgehead atoms. The summed E-state index contributed by atoms with van der Waals surface area (Å²) in [6.07, 6.45) is 1.83. The van der Waals surface area contributed by atoms with Gasteiger partial charge in [0.15, 0.2) is 0 Å². The van der Waals surface area contributed by atoms with Gasteiger partial charge in [0.1, 0.15) is 5.01 Å². The van der Waals surface area contributed by atoms with Crippen molar-refractivity contribution in [2.75, 3.05) is 5.32 Å². The fraction of sp³-hybridized carbons (Fsp3) is 0.0714.